The highest BCUT2D eigenvalue weighted by molar-refractivity contribution is 5.81. The van der Waals surface area contributed by atoms with Crippen LogP contribution in [0.2, 0.25) is 0 Å². The number of carbonyl (C=O) groups excluding carboxylic acids is 1. The molecule has 0 bridgehead atoms. The van der Waals surface area contributed by atoms with E-state index in [2.05, 4.69) is 10.3 Å². The van der Waals surface area contributed by atoms with Crippen LogP contribution < -0.4 is 0 Å². The van der Waals surface area contributed by atoms with E-state index in [4.69, 9.17) is 5.11 Å². The first kappa shape index (κ1) is 12.6. The SMILES string of the molecule is O=C(O)C1CCN(C(=O)Cn2nnc3ccccc32)C1. The zero-order valence-corrected chi connectivity index (χ0v) is 10.8. The number of hydrogen-bond donors (Lipinski definition) is 1. The van der Waals surface area contributed by atoms with Crippen molar-refractivity contribution >= 4 is 22.9 Å². The van der Waals surface area contributed by atoms with Gasteiger partial charge in [-0.1, -0.05) is 17.3 Å². The molecule has 0 aliphatic carbocycles. The molecule has 7 heteroatoms. The van der Waals surface area contributed by atoms with Gasteiger partial charge in [0.05, 0.1) is 11.4 Å². The Bertz CT molecular complexity index is 666. The van der Waals surface area contributed by atoms with Gasteiger partial charge in [-0.15, -0.1) is 5.10 Å². The van der Waals surface area contributed by atoms with E-state index in [0.717, 1.165) is 11.0 Å². The summed E-state index contributed by atoms with van der Waals surface area (Å²) >= 11 is 0. The van der Waals surface area contributed by atoms with E-state index in [-0.39, 0.29) is 19.0 Å². The number of aliphatic carboxylic acids is 1. The Kier molecular flexibility index (Phi) is 3.09. The number of carboxylic acids is 1. The van der Waals surface area contributed by atoms with Gasteiger partial charge >= 0.3 is 5.97 Å². The van der Waals surface area contributed by atoms with E-state index >= 15 is 0 Å². The van der Waals surface area contributed by atoms with Crippen LogP contribution in [0, 0.1) is 5.92 Å². The molecule has 0 radical (unpaired) electrons. The molecular weight excluding hydrogens is 260 g/mol. The molecule has 1 aliphatic rings. The van der Waals surface area contributed by atoms with Crippen LogP contribution in [0.3, 0.4) is 0 Å². The molecule has 1 aliphatic heterocycles. The summed E-state index contributed by atoms with van der Waals surface area (Å²) in [6, 6.07) is 7.41. The molecule has 1 fully saturated rings. The van der Waals surface area contributed by atoms with E-state index in [1.54, 1.807) is 9.58 Å². The van der Waals surface area contributed by atoms with Crippen LogP contribution in [0.1, 0.15) is 6.42 Å². The van der Waals surface area contributed by atoms with Crippen molar-refractivity contribution in [2.75, 3.05) is 13.1 Å². The van der Waals surface area contributed by atoms with E-state index in [9.17, 15) is 9.59 Å². The summed E-state index contributed by atoms with van der Waals surface area (Å²) in [5.74, 6) is -1.41. The van der Waals surface area contributed by atoms with Gasteiger partial charge in [-0.25, -0.2) is 4.68 Å². The van der Waals surface area contributed by atoms with E-state index in [1.807, 2.05) is 24.3 Å². The first-order chi connectivity index (χ1) is 9.65. The lowest BCUT2D eigenvalue weighted by molar-refractivity contribution is -0.141. The van der Waals surface area contributed by atoms with Crippen LogP contribution in [0.5, 0.6) is 0 Å². The Morgan fingerprint density at radius 2 is 2.15 bits per heavy atom. The average molecular weight is 274 g/mol. The second kappa shape index (κ2) is 4.92. The van der Waals surface area contributed by atoms with Crippen LogP contribution in [0.25, 0.3) is 11.0 Å². The lowest BCUT2D eigenvalue weighted by Gasteiger charge is -2.15. The number of carboxylic acid groups (broad SMARTS) is 1. The smallest absolute Gasteiger partial charge is 0.308 e. The molecule has 2 heterocycles. The number of nitrogens with zero attached hydrogens (tertiary/aromatic N) is 4. The highest BCUT2D eigenvalue weighted by Gasteiger charge is 2.30. The van der Waals surface area contributed by atoms with Gasteiger partial charge in [-0.05, 0) is 18.6 Å². The molecule has 104 valence electrons. The van der Waals surface area contributed by atoms with Crippen molar-refractivity contribution in [3.05, 3.63) is 24.3 Å². The van der Waals surface area contributed by atoms with E-state index in [0.29, 0.717) is 13.0 Å². The lowest BCUT2D eigenvalue weighted by atomic mass is 10.1. The maximum absolute atomic E-state index is 12.2. The Labute approximate surface area is 114 Å². The monoisotopic (exact) mass is 274 g/mol. The molecule has 2 aromatic rings. The molecule has 1 unspecified atom stereocenters. The normalized spacial score (nSPS) is 18.6. The molecule has 1 aromatic heterocycles. The second-order valence-corrected chi connectivity index (χ2v) is 4.90. The van der Waals surface area contributed by atoms with Crippen molar-refractivity contribution in [2.24, 2.45) is 5.92 Å². The van der Waals surface area contributed by atoms with E-state index < -0.39 is 11.9 Å². The van der Waals surface area contributed by atoms with Gasteiger partial charge in [0.15, 0.2) is 0 Å². The summed E-state index contributed by atoms with van der Waals surface area (Å²) in [6.07, 6.45) is 0.513. The topological polar surface area (TPSA) is 88.3 Å². The Balaban J connectivity index is 1.72. The molecule has 7 nitrogen and oxygen atoms in total. The van der Waals surface area contributed by atoms with Crippen molar-refractivity contribution in [3.63, 3.8) is 0 Å². The third-order valence-electron chi connectivity index (χ3n) is 3.60. The molecular formula is C13H14N4O3. The molecule has 1 atom stereocenters. The molecule has 3 rings (SSSR count). The van der Waals surface area contributed by atoms with Crippen molar-refractivity contribution < 1.29 is 14.7 Å². The first-order valence-electron chi connectivity index (χ1n) is 6.44. The second-order valence-electron chi connectivity index (χ2n) is 4.90. The van der Waals surface area contributed by atoms with Gasteiger partial charge in [-0.2, -0.15) is 0 Å². The summed E-state index contributed by atoms with van der Waals surface area (Å²) in [5, 5.41) is 16.9. The van der Waals surface area contributed by atoms with Gasteiger partial charge in [0.2, 0.25) is 5.91 Å². The summed E-state index contributed by atoms with van der Waals surface area (Å²) in [4.78, 5) is 24.6. The summed E-state index contributed by atoms with van der Waals surface area (Å²) in [7, 11) is 0. The highest BCUT2D eigenvalue weighted by Crippen LogP contribution is 2.17. The molecule has 0 spiro atoms. The van der Waals surface area contributed by atoms with Gasteiger partial charge in [-0.3, -0.25) is 9.59 Å². The van der Waals surface area contributed by atoms with Crippen LogP contribution in [-0.2, 0) is 16.1 Å². The largest absolute Gasteiger partial charge is 0.481 e. The Hall–Kier alpha value is -2.44. The zero-order chi connectivity index (χ0) is 14.1. The third-order valence-corrected chi connectivity index (χ3v) is 3.60. The number of benzene rings is 1. The predicted molar refractivity (Wildman–Crippen MR) is 69.9 cm³/mol. The Morgan fingerprint density at radius 3 is 2.90 bits per heavy atom. The van der Waals surface area contributed by atoms with Crippen molar-refractivity contribution in [1.29, 1.82) is 0 Å². The highest BCUT2D eigenvalue weighted by atomic mass is 16.4. The van der Waals surface area contributed by atoms with Crippen molar-refractivity contribution in [3.8, 4) is 0 Å². The lowest BCUT2D eigenvalue weighted by Crippen LogP contribution is -2.33. The van der Waals surface area contributed by atoms with Crippen LogP contribution in [0.4, 0.5) is 0 Å². The maximum Gasteiger partial charge on any atom is 0.308 e. The fourth-order valence-corrected chi connectivity index (χ4v) is 2.45. The van der Waals surface area contributed by atoms with Gasteiger partial charge < -0.3 is 10.0 Å². The number of aromatic nitrogens is 3. The minimum atomic E-state index is -0.841. The van der Waals surface area contributed by atoms with Gasteiger partial charge in [0.25, 0.3) is 0 Å². The number of carbonyl (C=O) groups is 2. The summed E-state index contributed by atoms with van der Waals surface area (Å²) < 4.78 is 1.55. The van der Waals surface area contributed by atoms with Crippen molar-refractivity contribution in [2.45, 2.75) is 13.0 Å². The number of fused-ring (bicyclic) bond motifs is 1. The average Bonchev–Trinajstić information content (AvgIpc) is 3.06. The van der Waals surface area contributed by atoms with Gasteiger partial charge in [0.1, 0.15) is 12.1 Å². The van der Waals surface area contributed by atoms with Crippen LogP contribution >= 0.6 is 0 Å². The zero-order valence-electron chi connectivity index (χ0n) is 10.8. The number of amides is 1. The molecule has 0 saturated carbocycles. The first-order valence-corrected chi connectivity index (χ1v) is 6.44. The maximum atomic E-state index is 12.2. The van der Waals surface area contributed by atoms with Crippen molar-refractivity contribution in [1.82, 2.24) is 19.9 Å². The van der Waals surface area contributed by atoms with E-state index in [1.165, 1.54) is 0 Å². The Morgan fingerprint density at radius 1 is 1.35 bits per heavy atom. The quantitative estimate of drug-likeness (QED) is 0.873. The summed E-state index contributed by atoms with van der Waals surface area (Å²) in [5.41, 5.74) is 1.54. The molecule has 1 saturated heterocycles. The number of likely N-dealkylation sites (tertiary alicyclic amines) is 1. The summed E-state index contributed by atoms with van der Waals surface area (Å²) in [6.45, 7) is 0.857. The number of hydrogen-bond acceptors (Lipinski definition) is 4. The van der Waals surface area contributed by atoms with Crippen LogP contribution in [0.15, 0.2) is 24.3 Å². The molecule has 20 heavy (non-hydrogen) atoms. The number of para-hydroxylation sites is 1. The number of rotatable bonds is 3. The van der Waals surface area contributed by atoms with Crippen LogP contribution in [-0.4, -0.2) is 50.0 Å². The molecule has 1 amide bonds. The predicted octanol–water partition coefficient (Wildman–Crippen LogP) is 0.364. The molecule has 1 N–H and O–H groups in total. The van der Waals surface area contributed by atoms with Gasteiger partial charge in [0, 0.05) is 13.1 Å². The minimum absolute atomic E-state index is 0.0901. The fraction of sp³-hybridized carbons (Fsp3) is 0.385. The fourth-order valence-electron chi connectivity index (χ4n) is 2.45. The standard InChI is InChI=1S/C13H14N4O3/c18-12(16-6-5-9(7-16)13(19)20)8-17-11-4-2-1-3-10(11)14-15-17/h1-4,9H,5-8H2,(H,19,20). The third kappa shape index (κ3) is 2.22. The minimum Gasteiger partial charge on any atom is -0.481 e. The molecule has 1 aromatic carbocycles.